The molecule has 0 saturated carbocycles. The maximum Gasteiger partial charge on any atom is 0.276 e. The second-order valence-corrected chi connectivity index (χ2v) is 7.75. The molecule has 0 atom stereocenters. The quantitative estimate of drug-likeness (QED) is 0.636. The molecule has 0 aliphatic rings. The fourth-order valence-corrected chi connectivity index (χ4v) is 2.54. The normalized spacial score (nSPS) is 10.9. The molecule has 0 aromatic heterocycles. The van der Waals surface area contributed by atoms with Crippen LogP contribution < -0.4 is 20.3 Å². The van der Waals surface area contributed by atoms with Gasteiger partial charge < -0.3 is 9.47 Å². The van der Waals surface area contributed by atoms with E-state index < -0.39 is 11.8 Å². The second-order valence-electron chi connectivity index (χ2n) is 7.35. The first-order valence-corrected chi connectivity index (χ1v) is 9.79. The first kappa shape index (κ1) is 22.6. The van der Waals surface area contributed by atoms with Crippen molar-refractivity contribution >= 4 is 23.4 Å². The van der Waals surface area contributed by atoms with E-state index in [-0.39, 0.29) is 18.6 Å². The van der Waals surface area contributed by atoms with Gasteiger partial charge in [-0.3, -0.25) is 20.4 Å². The smallest absolute Gasteiger partial charge is 0.276 e. The summed E-state index contributed by atoms with van der Waals surface area (Å²) in [5.41, 5.74) is 6.72. The van der Waals surface area contributed by atoms with Gasteiger partial charge in [-0.1, -0.05) is 44.5 Å². The number of hydrazine groups is 1. The van der Waals surface area contributed by atoms with Gasteiger partial charge in [0.25, 0.3) is 11.8 Å². The summed E-state index contributed by atoms with van der Waals surface area (Å²) in [5.74, 6) is 0.144. The lowest BCUT2D eigenvalue weighted by Crippen LogP contribution is -2.45. The molecule has 0 aliphatic carbocycles. The molecule has 6 nitrogen and oxygen atoms in total. The second kappa shape index (κ2) is 10.2. The highest BCUT2D eigenvalue weighted by Gasteiger charge is 2.17. The summed E-state index contributed by atoms with van der Waals surface area (Å²) in [4.78, 5) is 23.6. The highest BCUT2D eigenvalue weighted by atomic mass is 35.5. The molecule has 0 spiro atoms. The minimum absolute atomic E-state index is 0.0902. The van der Waals surface area contributed by atoms with Crippen molar-refractivity contribution in [2.75, 3.05) is 13.2 Å². The van der Waals surface area contributed by atoms with Crippen molar-refractivity contribution in [1.82, 2.24) is 10.9 Å². The molecule has 0 unspecified atom stereocenters. The van der Waals surface area contributed by atoms with Crippen LogP contribution in [0.2, 0.25) is 5.02 Å². The SMILES string of the molecule is CCC(C)(C)c1ccc(OCC(=O)NNC(=O)COc2ccc(Cl)c(C)c2)cc1. The maximum atomic E-state index is 11.8. The summed E-state index contributed by atoms with van der Waals surface area (Å²) in [7, 11) is 0. The van der Waals surface area contributed by atoms with Gasteiger partial charge in [-0.05, 0) is 60.2 Å². The first-order valence-electron chi connectivity index (χ1n) is 9.41. The van der Waals surface area contributed by atoms with E-state index in [1.807, 2.05) is 31.2 Å². The Morgan fingerprint density at radius 3 is 1.97 bits per heavy atom. The molecule has 156 valence electrons. The molecular weight excluding hydrogens is 392 g/mol. The Bertz CT molecular complexity index is 850. The minimum Gasteiger partial charge on any atom is -0.484 e. The van der Waals surface area contributed by atoms with Crippen molar-refractivity contribution < 1.29 is 19.1 Å². The molecule has 0 radical (unpaired) electrons. The molecule has 0 aliphatic heterocycles. The van der Waals surface area contributed by atoms with Gasteiger partial charge in [-0.2, -0.15) is 0 Å². The number of nitrogens with one attached hydrogen (secondary N) is 2. The lowest BCUT2D eigenvalue weighted by atomic mass is 9.82. The monoisotopic (exact) mass is 418 g/mol. The Morgan fingerprint density at radius 1 is 0.931 bits per heavy atom. The van der Waals surface area contributed by atoms with Crippen LogP contribution in [-0.2, 0) is 15.0 Å². The molecule has 2 rings (SSSR count). The Hall–Kier alpha value is -2.73. The van der Waals surface area contributed by atoms with Crippen LogP contribution >= 0.6 is 11.6 Å². The minimum atomic E-state index is -0.489. The van der Waals surface area contributed by atoms with E-state index in [1.165, 1.54) is 5.56 Å². The van der Waals surface area contributed by atoms with Crippen molar-refractivity contribution in [2.24, 2.45) is 0 Å². The van der Waals surface area contributed by atoms with Gasteiger partial charge in [-0.25, -0.2) is 0 Å². The zero-order valence-electron chi connectivity index (χ0n) is 17.2. The van der Waals surface area contributed by atoms with E-state index >= 15 is 0 Å². The van der Waals surface area contributed by atoms with Crippen molar-refractivity contribution in [1.29, 1.82) is 0 Å². The molecule has 2 N–H and O–H groups in total. The number of halogens is 1. The van der Waals surface area contributed by atoms with Crippen LogP contribution in [0.3, 0.4) is 0 Å². The van der Waals surface area contributed by atoms with E-state index in [0.717, 1.165) is 12.0 Å². The number of hydrogen-bond donors (Lipinski definition) is 2. The molecule has 7 heteroatoms. The van der Waals surface area contributed by atoms with Crippen molar-refractivity contribution in [3.8, 4) is 11.5 Å². The lowest BCUT2D eigenvalue weighted by molar-refractivity contribution is -0.131. The third-order valence-electron chi connectivity index (χ3n) is 4.73. The highest BCUT2D eigenvalue weighted by molar-refractivity contribution is 6.31. The van der Waals surface area contributed by atoms with E-state index in [4.69, 9.17) is 21.1 Å². The Balaban J connectivity index is 1.71. The van der Waals surface area contributed by atoms with Gasteiger partial charge in [0.2, 0.25) is 0 Å². The van der Waals surface area contributed by atoms with E-state index in [1.54, 1.807) is 18.2 Å². The van der Waals surface area contributed by atoms with Crippen LogP contribution in [0.5, 0.6) is 11.5 Å². The Labute approximate surface area is 176 Å². The summed E-state index contributed by atoms with van der Waals surface area (Å²) >= 11 is 5.94. The number of carbonyl (C=O) groups excluding carboxylic acids is 2. The van der Waals surface area contributed by atoms with Crippen LogP contribution in [0, 0.1) is 6.92 Å². The number of hydrogen-bond acceptors (Lipinski definition) is 4. The third kappa shape index (κ3) is 6.98. The molecule has 2 aromatic rings. The molecule has 0 bridgehead atoms. The molecule has 0 saturated heterocycles. The summed E-state index contributed by atoms with van der Waals surface area (Å²) < 4.78 is 10.8. The molecule has 0 heterocycles. The topological polar surface area (TPSA) is 76.7 Å². The molecule has 29 heavy (non-hydrogen) atoms. The Kier molecular flexibility index (Phi) is 7.91. The fraction of sp³-hybridized carbons (Fsp3) is 0.364. The number of benzene rings is 2. The van der Waals surface area contributed by atoms with Gasteiger partial charge in [0, 0.05) is 5.02 Å². The van der Waals surface area contributed by atoms with Crippen molar-refractivity contribution in [2.45, 2.75) is 39.5 Å². The Morgan fingerprint density at radius 2 is 1.45 bits per heavy atom. The number of amides is 2. The van der Waals surface area contributed by atoms with Crippen LogP contribution in [0.4, 0.5) is 0 Å². The van der Waals surface area contributed by atoms with Crippen LogP contribution in [0.25, 0.3) is 0 Å². The number of aryl methyl sites for hydroxylation is 1. The fourth-order valence-electron chi connectivity index (χ4n) is 2.42. The van der Waals surface area contributed by atoms with Crippen LogP contribution in [0.15, 0.2) is 42.5 Å². The average molecular weight is 419 g/mol. The standard InChI is InChI=1S/C22H27ClN2O4/c1-5-22(3,4)16-6-8-17(9-7-16)28-13-20(26)24-25-21(27)14-29-18-10-11-19(23)15(2)12-18/h6-12H,5,13-14H2,1-4H3,(H,24,26)(H,25,27). The zero-order valence-corrected chi connectivity index (χ0v) is 17.9. The predicted octanol–water partition coefficient (Wildman–Crippen LogP) is 3.94. The van der Waals surface area contributed by atoms with E-state index in [2.05, 4.69) is 31.6 Å². The average Bonchev–Trinajstić information content (AvgIpc) is 2.71. The van der Waals surface area contributed by atoms with Gasteiger partial charge in [0.15, 0.2) is 13.2 Å². The predicted molar refractivity (Wildman–Crippen MR) is 113 cm³/mol. The van der Waals surface area contributed by atoms with Crippen LogP contribution in [-0.4, -0.2) is 25.0 Å². The summed E-state index contributed by atoms with van der Waals surface area (Å²) in [6.45, 7) is 7.89. The number of rotatable bonds is 8. The van der Waals surface area contributed by atoms with Crippen molar-refractivity contribution in [3.05, 3.63) is 58.6 Å². The summed E-state index contributed by atoms with van der Waals surface area (Å²) in [6.07, 6.45) is 1.02. The third-order valence-corrected chi connectivity index (χ3v) is 5.15. The molecular formula is C22H27ClN2O4. The molecule has 2 amide bonds. The summed E-state index contributed by atoms with van der Waals surface area (Å²) in [6, 6.07) is 12.7. The highest BCUT2D eigenvalue weighted by Crippen LogP contribution is 2.28. The van der Waals surface area contributed by atoms with Crippen LogP contribution in [0.1, 0.15) is 38.3 Å². The van der Waals surface area contributed by atoms with E-state index in [0.29, 0.717) is 16.5 Å². The van der Waals surface area contributed by atoms with Gasteiger partial charge in [0.1, 0.15) is 11.5 Å². The lowest BCUT2D eigenvalue weighted by Gasteiger charge is -2.23. The first-order chi connectivity index (χ1) is 13.7. The summed E-state index contributed by atoms with van der Waals surface area (Å²) in [5, 5.41) is 0.623. The largest absolute Gasteiger partial charge is 0.484 e. The molecule has 2 aromatic carbocycles. The van der Waals surface area contributed by atoms with E-state index in [9.17, 15) is 9.59 Å². The van der Waals surface area contributed by atoms with Crippen molar-refractivity contribution in [3.63, 3.8) is 0 Å². The maximum absolute atomic E-state index is 11.8. The number of ether oxygens (including phenoxy) is 2. The molecule has 0 fully saturated rings. The van der Waals surface area contributed by atoms with Gasteiger partial charge in [0.05, 0.1) is 0 Å². The number of carbonyl (C=O) groups is 2. The van der Waals surface area contributed by atoms with Gasteiger partial charge in [-0.15, -0.1) is 0 Å². The zero-order chi connectivity index (χ0) is 21.4. The van der Waals surface area contributed by atoms with Gasteiger partial charge >= 0.3 is 0 Å².